The van der Waals surface area contributed by atoms with Gasteiger partial charge in [0.1, 0.15) is 6.04 Å². The Labute approximate surface area is 139 Å². The number of hydrogen-bond donors (Lipinski definition) is 1. The first kappa shape index (κ1) is 18.4. The molecule has 1 aromatic carbocycles. The quantitative estimate of drug-likeness (QED) is 0.866. The summed E-state index contributed by atoms with van der Waals surface area (Å²) in [5.41, 5.74) is 0.821. The monoisotopic (exact) mass is 345 g/mol. The summed E-state index contributed by atoms with van der Waals surface area (Å²) in [6.07, 6.45) is 0.495. The van der Waals surface area contributed by atoms with Crippen LogP contribution in [-0.4, -0.2) is 45.8 Å². The summed E-state index contributed by atoms with van der Waals surface area (Å²) in [4.78, 5) is 16.9. The second-order valence-corrected chi connectivity index (χ2v) is 5.20. The summed E-state index contributed by atoms with van der Waals surface area (Å²) < 4.78 is 5.17. The molecule has 0 radical (unpaired) electrons. The number of rotatable bonds is 6. The lowest BCUT2D eigenvalue weighted by atomic mass is 10.2. The lowest BCUT2D eigenvalue weighted by Gasteiger charge is -2.19. The highest BCUT2D eigenvalue weighted by Crippen LogP contribution is 2.18. The van der Waals surface area contributed by atoms with Crippen LogP contribution in [0.4, 0.5) is 0 Å². The first-order valence-electron chi connectivity index (χ1n) is 6.49. The predicted octanol–water partition coefficient (Wildman–Crippen LogP) is 2.76. The van der Waals surface area contributed by atoms with Crippen molar-refractivity contribution in [3.8, 4) is 11.4 Å². The summed E-state index contributed by atoms with van der Waals surface area (Å²) in [6.45, 7) is 2.16. The fourth-order valence-corrected chi connectivity index (χ4v) is 1.85. The van der Waals surface area contributed by atoms with E-state index in [0.29, 0.717) is 29.7 Å². The van der Waals surface area contributed by atoms with E-state index in [-0.39, 0.29) is 12.4 Å². The molecular weight excluding hydrogens is 329 g/mol. The Balaban J connectivity index is 0.00000242. The molecule has 0 fully saturated rings. The van der Waals surface area contributed by atoms with Crippen LogP contribution in [0.1, 0.15) is 12.8 Å². The van der Waals surface area contributed by atoms with E-state index in [2.05, 4.69) is 10.1 Å². The van der Waals surface area contributed by atoms with Crippen LogP contribution in [0.3, 0.4) is 0 Å². The second-order valence-electron chi connectivity index (χ2n) is 4.76. The van der Waals surface area contributed by atoms with Gasteiger partial charge in [-0.3, -0.25) is 9.69 Å². The van der Waals surface area contributed by atoms with E-state index in [1.807, 2.05) is 12.1 Å². The van der Waals surface area contributed by atoms with Crippen LogP contribution in [0.15, 0.2) is 28.8 Å². The zero-order valence-corrected chi connectivity index (χ0v) is 13.8. The topological polar surface area (TPSA) is 79.5 Å². The van der Waals surface area contributed by atoms with Crippen LogP contribution in [0, 0.1) is 0 Å². The molecular formula is C14H17Cl2N3O3. The fourth-order valence-electron chi connectivity index (χ4n) is 1.73. The molecule has 22 heavy (non-hydrogen) atoms. The van der Waals surface area contributed by atoms with Gasteiger partial charge in [-0.2, -0.15) is 4.98 Å². The third-order valence-electron chi connectivity index (χ3n) is 3.27. The van der Waals surface area contributed by atoms with Crippen LogP contribution in [-0.2, 0) is 11.2 Å². The molecule has 0 aliphatic rings. The fraction of sp³-hybridized carbons (Fsp3) is 0.357. The number of likely N-dealkylation sites (N-methyl/N-ethyl adjacent to an activating group) is 1. The predicted molar refractivity (Wildman–Crippen MR) is 85.4 cm³/mol. The number of hydrogen-bond acceptors (Lipinski definition) is 5. The molecule has 1 N–H and O–H groups in total. The van der Waals surface area contributed by atoms with Crippen LogP contribution in [0.25, 0.3) is 11.4 Å². The summed E-state index contributed by atoms with van der Waals surface area (Å²) in [7, 11) is 1.75. The minimum absolute atomic E-state index is 0. The maximum atomic E-state index is 10.9. The molecule has 8 heteroatoms. The standard InChI is InChI=1S/C14H16ClN3O3.ClH/c1-9(14(19)20)18(2)8-7-12-16-13(17-21-12)10-3-5-11(15)6-4-10;/h3-6,9H,7-8H2,1-2H3,(H,19,20);1H. The van der Waals surface area contributed by atoms with E-state index < -0.39 is 12.0 Å². The van der Waals surface area contributed by atoms with E-state index >= 15 is 0 Å². The van der Waals surface area contributed by atoms with Crippen molar-refractivity contribution in [2.45, 2.75) is 19.4 Å². The lowest BCUT2D eigenvalue weighted by molar-refractivity contribution is -0.142. The Kier molecular flexibility index (Phi) is 6.80. The number of aromatic nitrogens is 2. The van der Waals surface area contributed by atoms with Crippen LogP contribution < -0.4 is 0 Å². The highest BCUT2D eigenvalue weighted by Gasteiger charge is 2.17. The number of aliphatic carboxylic acids is 1. The van der Waals surface area contributed by atoms with Crippen molar-refractivity contribution in [2.75, 3.05) is 13.6 Å². The summed E-state index contributed by atoms with van der Waals surface area (Å²) >= 11 is 5.83. The number of benzene rings is 1. The lowest BCUT2D eigenvalue weighted by Crippen LogP contribution is -2.37. The van der Waals surface area contributed by atoms with Gasteiger partial charge in [0, 0.05) is 23.6 Å². The number of nitrogens with zero attached hydrogens (tertiary/aromatic N) is 3. The van der Waals surface area contributed by atoms with Crippen LogP contribution in [0.2, 0.25) is 5.02 Å². The molecule has 0 spiro atoms. The van der Waals surface area contributed by atoms with Crippen molar-refractivity contribution in [1.82, 2.24) is 15.0 Å². The minimum Gasteiger partial charge on any atom is -0.480 e. The molecule has 120 valence electrons. The molecule has 0 bridgehead atoms. The molecule has 1 atom stereocenters. The highest BCUT2D eigenvalue weighted by atomic mass is 35.5. The zero-order chi connectivity index (χ0) is 15.4. The van der Waals surface area contributed by atoms with Gasteiger partial charge in [0.05, 0.1) is 0 Å². The van der Waals surface area contributed by atoms with Gasteiger partial charge in [-0.1, -0.05) is 16.8 Å². The smallest absolute Gasteiger partial charge is 0.320 e. The van der Waals surface area contributed by atoms with E-state index in [1.54, 1.807) is 31.0 Å². The summed E-state index contributed by atoms with van der Waals surface area (Å²) in [5, 5.41) is 13.5. The Morgan fingerprint density at radius 1 is 1.41 bits per heavy atom. The normalized spacial score (nSPS) is 12.0. The first-order valence-corrected chi connectivity index (χ1v) is 6.86. The molecule has 6 nitrogen and oxygen atoms in total. The maximum absolute atomic E-state index is 10.9. The number of carboxylic acids is 1. The van der Waals surface area contributed by atoms with E-state index in [4.69, 9.17) is 21.2 Å². The van der Waals surface area contributed by atoms with Gasteiger partial charge in [-0.15, -0.1) is 12.4 Å². The van der Waals surface area contributed by atoms with Gasteiger partial charge in [0.2, 0.25) is 11.7 Å². The number of carbonyl (C=O) groups is 1. The van der Waals surface area contributed by atoms with Crippen molar-refractivity contribution in [2.24, 2.45) is 0 Å². The SMILES string of the molecule is CC(C(=O)O)N(C)CCc1nc(-c2ccc(Cl)cc2)no1.Cl. The van der Waals surface area contributed by atoms with Gasteiger partial charge < -0.3 is 9.63 Å². The van der Waals surface area contributed by atoms with Crippen molar-refractivity contribution in [3.05, 3.63) is 35.2 Å². The van der Waals surface area contributed by atoms with Gasteiger partial charge in [0.25, 0.3) is 0 Å². The average molecular weight is 346 g/mol. The van der Waals surface area contributed by atoms with Crippen molar-refractivity contribution in [3.63, 3.8) is 0 Å². The number of halogens is 2. The molecule has 1 unspecified atom stereocenters. The Bertz CT molecular complexity index is 616. The van der Waals surface area contributed by atoms with Gasteiger partial charge in [0.15, 0.2) is 0 Å². The average Bonchev–Trinajstić information content (AvgIpc) is 2.93. The molecule has 0 saturated heterocycles. The molecule has 0 aliphatic heterocycles. The molecule has 0 aliphatic carbocycles. The Hall–Kier alpha value is -1.63. The Morgan fingerprint density at radius 2 is 2.05 bits per heavy atom. The van der Waals surface area contributed by atoms with Crippen LogP contribution in [0.5, 0.6) is 0 Å². The van der Waals surface area contributed by atoms with E-state index in [1.165, 1.54) is 0 Å². The molecule has 2 rings (SSSR count). The second kappa shape index (κ2) is 8.12. The molecule has 2 aromatic rings. The molecule has 0 saturated carbocycles. The Morgan fingerprint density at radius 3 is 2.64 bits per heavy atom. The van der Waals surface area contributed by atoms with Crippen molar-refractivity contribution >= 4 is 30.0 Å². The van der Waals surface area contributed by atoms with Crippen molar-refractivity contribution in [1.29, 1.82) is 0 Å². The molecule has 1 aromatic heterocycles. The van der Waals surface area contributed by atoms with Gasteiger partial charge in [-0.05, 0) is 38.2 Å². The molecule has 1 heterocycles. The highest BCUT2D eigenvalue weighted by molar-refractivity contribution is 6.30. The van der Waals surface area contributed by atoms with Crippen LogP contribution >= 0.6 is 24.0 Å². The maximum Gasteiger partial charge on any atom is 0.320 e. The summed E-state index contributed by atoms with van der Waals surface area (Å²) in [5.74, 6) is 0.116. The van der Waals surface area contributed by atoms with E-state index in [0.717, 1.165) is 5.56 Å². The third kappa shape index (κ3) is 4.69. The molecule has 0 amide bonds. The number of carboxylic acid groups (broad SMARTS) is 1. The van der Waals surface area contributed by atoms with Crippen molar-refractivity contribution < 1.29 is 14.4 Å². The van der Waals surface area contributed by atoms with E-state index in [9.17, 15) is 4.79 Å². The van der Waals surface area contributed by atoms with Gasteiger partial charge >= 0.3 is 5.97 Å². The summed E-state index contributed by atoms with van der Waals surface area (Å²) in [6, 6.07) is 6.60. The first-order chi connectivity index (χ1) is 9.97. The zero-order valence-electron chi connectivity index (χ0n) is 12.2. The van der Waals surface area contributed by atoms with Gasteiger partial charge in [-0.25, -0.2) is 0 Å². The largest absolute Gasteiger partial charge is 0.480 e. The minimum atomic E-state index is -0.857. The third-order valence-corrected chi connectivity index (χ3v) is 3.52.